The number of carboxylic acids is 2. The molecule has 0 unspecified atom stereocenters. The van der Waals surface area contributed by atoms with Crippen LogP contribution in [0.5, 0.6) is 0 Å². The number of esters is 2. The molecule has 0 spiro atoms. The van der Waals surface area contributed by atoms with Crippen molar-refractivity contribution >= 4 is 23.9 Å². The molecule has 0 amide bonds. The van der Waals surface area contributed by atoms with E-state index in [9.17, 15) is 19.2 Å². The summed E-state index contributed by atoms with van der Waals surface area (Å²) in [5, 5.41) is 16.7. The predicted molar refractivity (Wildman–Crippen MR) is 64.8 cm³/mol. The van der Waals surface area contributed by atoms with Crippen LogP contribution in [0.25, 0.3) is 0 Å². The molecule has 112 valence electrons. The SMILES string of the molecule is O=C(O)CCCOC(=O)C=CC(=O)OCCCC(=O)O. The Morgan fingerprint density at radius 3 is 1.40 bits per heavy atom. The molecule has 0 aromatic carbocycles. The second-order valence-corrected chi connectivity index (χ2v) is 3.66. The molecule has 0 atom stereocenters. The average molecular weight is 288 g/mol. The summed E-state index contributed by atoms with van der Waals surface area (Å²) < 4.78 is 9.25. The minimum Gasteiger partial charge on any atom is -0.481 e. The van der Waals surface area contributed by atoms with Crippen molar-refractivity contribution in [1.29, 1.82) is 0 Å². The molecule has 0 aromatic heterocycles. The number of carbonyl (C=O) groups is 4. The highest BCUT2D eigenvalue weighted by Crippen LogP contribution is 1.94. The Morgan fingerprint density at radius 1 is 0.750 bits per heavy atom. The van der Waals surface area contributed by atoms with Gasteiger partial charge in [-0.1, -0.05) is 0 Å². The molecule has 0 radical (unpaired) electrons. The summed E-state index contributed by atoms with van der Waals surface area (Å²) in [5.74, 6) is -3.53. The van der Waals surface area contributed by atoms with E-state index >= 15 is 0 Å². The molecule has 0 fully saturated rings. The molecule has 0 saturated heterocycles. The first kappa shape index (κ1) is 17.6. The zero-order valence-electron chi connectivity index (χ0n) is 10.7. The fourth-order valence-electron chi connectivity index (χ4n) is 1.02. The topological polar surface area (TPSA) is 127 Å². The first-order valence-corrected chi connectivity index (χ1v) is 5.87. The molecule has 8 heteroatoms. The highest BCUT2D eigenvalue weighted by molar-refractivity contribution is 5.91. The van der Waals surface area contributed by atoms with E-state index in [1.54, 1.807) is 0 Å². The number of carboxylic acid groups (broad SMARTS) is 2. The van der Waals surface area contributed by atoms with E-state index in [1.165, 1.54) is 0 Å². The maximum Gasteiger partial charge on any atom is 0.331 e. The summed E-state index contributed by atoms with van der Waals surface area (Å²) in [6.45, 7) is -0.105. The van der Waals surface area contributed by atoms with E-state index in [2.05, 4.69) is 9.47 Å². The summed E-state index contributed by atoms with van der Waals surface area (Å²) in [4.78, 5) is 42.5. The van der Waals surface area contributed by atoms with Crippen molar-refractivity contribution in [2.75, 3.05) is 13.2 Å². The molecule has 20 heavy (non-hydrogen) atoms. The van der Waals surface area contributed by atoms with Gasteiger partial charge in [0.2, 0.25) is 0 Å². The van der Waals surface area contributed by atoms with Crippen LogP contribution in [0.2, 0.25) is 0 Å². The molecular formula is C12H16O8. The number of hydrogen-bond acceptors (Lipinski definition) is 6. The second kappa shape index (κ2) is 10.5. The van der Waals surface area contributed by atoms with Crippen molar-refractivity contribution in [3.8, 4) is 0 Å². The molecular weight excluding hydrogens is 272 g/mol. The number of carbonyl (C=O) groups excluding carboxylic acids is 2. The minimum atomic E-state index is -0.985. The van der Waals surface area contributed by atoms with Gasteiger partial charge < -0.3 is 19.7 Å². The van der Waals surface area contributed by atoms with E-state index in [4.69, 9.17) is 10.2 Å². The molecule has 0 rings (SSSR count). The molecule has 0 aliphatic carbocycles. The van der Waals surface area contributed by atoms with Gasteiger partial charge in [-0.2, -0.15) is 0 Å². The van der Waals surface area contributed by atoms with Crippen molar-refractivity contribution in [2.24, 2.45) is 0 Å². The lowest BCUT2D eigenvalue weighted by molar-refractivity contribution is -0.142. The molecule has 0 bridgehead atoms. The van der Waals surface area contributed by atoms with E-state index in [0.29, 0.717) is 0 Å². The Balaban J connectivity index is 3.69. The number of rotatable bonds is 10. The maximum atomic E-state index is 11.1. The van der Waals surface area contributed by atoms with Crippen LogP contribution >= 0.6 is 0 Å². The van der Waals surface area contributed by atoms with Gasteiger partial charge >= 0.3 is 23.9 Å². The molecule has 0 saturated carbocycles. The lowest BCUT2D eigenvalue weighted by Crippen LogP contribution is -2.07. The minimum absolute atomic E-state index is 0.0524. The normalized spacial score (nSPS) is 10.2. The second-order valence-electron chi connectivity index (χ2n) is 3.66. The standard InChI is InChI=1S/C12H16O8/c13-9(14)3-1-7-19-11(17)5-6-12(18)20-8-2-4-10(15)16/h5-6H,1-4,7-8H2,(H,13,14)(H,15,16). The van der Waals surface area contributed by atoms with Gasteiger partial charge in [0.05, 0.1) is 13.2 Å². The Morgan fingerprint density at radius 2 is 1.10 bits per heavy atom. The smallest absolute Gasteiger partial charge is 0.331 e. The Labute approximate surface area is 115 Å². The molecule has 2 N–H and O–H groups in total. The summed E-state index contributed by atoms with van der Waals surface area (Å²) >= 11 is 0. The molecule has 0 aliphatic heterocycles. The van der Waals surface area contributed by atoms with Crippen LogP contribution in [0.4, 0.5) is 0 Å². The third kappa shape index (κ3) is 12.1. The largest absolute Gasteiger partial charge is 0.481 e. The van der Waals surface area contributed by atoms with Crippen LogP contribution in [0.3, 0.4) is 0 Å². The fraction of sp³-hybridized carbons (Fsp3) is 0.500. The monoisotopic (exact) mass is 288 g/mol. The van der Waals surface area contributed by atoms with Crippen LogP contribution in [0.1, 0.15) is 25.7 Å². The lowest BCUT2D eigenvalue weighted by atomic mass is 10.3. The van der Waals surface area contributed by atoms with Gasteiger partial charge in [0.1, 0.15) is 0 Å². The van der Waals surface area contributed by atoms with Gasteiger partial charge in [0.25, 0.3) is 0 Å². The number of ether oxygens (including phenoxy) is 2. The summed E-state index contributed by atoms with van der Waals surface area (Å²) in [6, 6.07) is 0. The molecule has 0 aromatic rings. The summed E-state index contributed by atoms with van der Waals surface area (Å²) in [7, 11) is 0. The summed E-state index contributed by atoms with van der Waals surface area (Å²) in [5.41, 5.74) is 0. The van der Waals surface area contributed by atoms with Crippen LogP contribution in [0, 0.1) is 0 Å². The first-order valence-electron chi connectivity index (χ1n) is 5.87. The lowest BCUT2D eigenvalue weighted by Gasteiger charge is -2.00. The highest BCUT2D eigenvalue weighted by atomic mass is 16.5. The third-order valence-electron chi connectivity index (χ3n) is 1.91. The van der Waals surface area contributed by atoms with Gasteiger partial charge in [0.15, 0.2) is 0 Å². The molecule has 0 heterocycles. The zero-order valence-corrected chi connectivity index (χ0v) is 10.7. The predicted octanol–water partition coefficient (Wildman–Crippen LogP) is 0.359. The van der Waals surface area contributed by atoms with E-state index in [0.717, 1.165) is 12.2 Å². The van der Waals surface area contributed by atoms with Gasteiger partial charge in [-0.3, -0.25) is 9.59 Å². The first-order chi connectivity index (χ1) is 9.41. The zero-order chi connectivity index (χ0) is 15.4. The van der Waals surface area contributed by atoms with Crippen molar-refractivity contribution in [3.05, 3.63) is 12.2 Å². The maximum absolute atomic E-state index is 11.1. The van der Waals surface area contributed by atoms with Crippen molar-refractivity contribution < 1.29 is 38.9 Å². The van der Waals surface area contributed by atoms with Gasteiger partial charge in [-0.05, 0) is 12.8 Å². The third-order valence-corrected chi connectivity index (χ3v) is 1.91. The highest BCUT2D eigenvalue weighted by Gasteiger charge is 2.03. The Hall–Kier alpha value is -2.38. The van der Waals surface area contributed by atoms with Crippen LogP contribution < -0.4 is 0 Å². The fourth-order valence-corrected chi connectivity index (χ4v) is 1.02. The number of aliphatic carboxylic acids is 2. The van der Waals surface area contributed by atoms with Gasteiger partial charge in [-0.25, -0.2) is 9.59 Å². The van der Waals surface area contributed by atoms with Gasteiger partial charge in [-0.15, -0.1) is 0 Å². The van der Waals surface area contributed by atoms with Crippen LogP contribution in [0.15, 0.2) is 12.2 Å². The molecule has 0 aliphatic rings. The van der Waals surface area contributed by atoms with Gasteiger partial charge in [0, 0.05) is 25.0 Å². The quantitative estimate of drug-likeness (QED) is 0.335. The van der Waals surface area contributed by atoms with Crippen LogP contribution in [-0.4, -0.2) is 47.3 Å². The Kier molecular flexibility index (Phi) is 9.28. The van der Waals surface area contributed by atoms with E-state index < -0.39 is 23.9 Å². The van der Waals surface area contributed by atoms with Crippen LogP contribution in [-0.2, 0) is 28.7 Å². The van der Waals surface area contributed by atoms with Crippen molar-refractivity contribution in [2.45, 2.75) is 25.7 Å². The van der Waals surface area contributed by atoms with E-state index in [1.807, 2.05) is 0 Å². The molecule has 8 nitrogen and oxygen atoms in total. The summed E-state index contributed by atoms with van der Waals surface area (Å²) in [6.07, 6.45) is 1.88. The number of hydrogen-bond donors (Lipinski definition) is 2. The Bertz CT molecular complexity index is 349. The van der Waals surface area contributed by atoms with E-state index in [-0.39, 0.29) is 38.9 Å². The van der Waals surface area contributed by atoms with Crippen molar-refractivity contribution in [3.63, 3.8) is 0 Å². The van der Waals surface area contributed by atoms with Crippen molar-refractivity contribution in [1.82, 2.24) is 0 Å². The average Bonchev–Trinajstić information content (AvgIpc) is 2.37.